The van der Waals surface area contributed by atoms with E-state index in [0.29, 0.717) is 22.9 Å². The lowest BCUT2D eigenvalue weighted by molar-refractivity contribution is -0.299. The van der Waals surface area contributed by atoms with Gasteiger partial charge in [0, 0.05) is 5.69 Å². The number of hydrogen-bond acceptors (Lipinski definition) is 5. The van der Waals surface area contributed by atoms with Crippen LogP contribution < -0.4 is 31.1 Å². The first kappa shape index (κ1) is 31.5. The van der Waals surface area contributed by atoms with Crippen molar-refractivity contribution < 1.29 is 19.0 Å². The number of benzene rings is 6. The lowest BCUT2D eigenvalue weighted by Crippen LogP contribution is -2.41. The van der Waals surface area contributed by atoms with Gasteiger partial charge in [0.25, 0.3) is 5.78 Å². The van der Waals surface area contributed by atoms with Gasteiger partial charge in [0.15, 0.2) is 18.3 Å². The molecule has 5 nitrogen and oxygen atoms in total. The zero-order valence-corrected chi connectivity index (χ0v) is 27.1. The van der Waals surface area contributed by atoms with Gasteiger partial charge in [-0.3, -0.25) is 4.79 Å². The molecule has 6 aromatic carbocycles. The number of anilines is 1. The molecule has 0 spiro atoms. The Morgan fingerprint density at radius 1 is 0.571 bits per heavy atom. The molecule has 49 heavy (non-hydrogen) atoms. The minimum atomic E-state index is -3.16. The van der Waals surface area contributed by atoms with Gasteiger partial charge in [0.1, 0.15) is 33.2 Å². The fourth-order valence-corrected chi connectivity index (χ4v) is 10.4. The van der Waals surface area contributed by atoms with Crippen LogP contribution in [0.1, 0.15) is 0 Å². The third-order valence-corrected chi connectivity index (χ3v) is 12.5. The van der Waals surface area contributed by atoms with Gasteiger partial charge in [-0.05, 0) is 90.7 Å². The number of ether oxygens (including phenoxy) is 1. The fraction of sp³-hybridized carbons (Fsp3) is 0. The van der Waals surface area contributed by atoms with Crippen LogP contribution in [0.5, 0.6) is 11.5 Å². The van der Waals surface area contributed by atoms with E-state index in [4.69, 9.17) is 4.74 Å². The summed E-state index contributed by atoms with van der Waals surface area (Å²) in [5.74, 6) is -1.62. The monoisotopic (exact) mass is 660 g/mol. The molecule has 1 aliphatic carbocycles. The van der Waals surface area contributed by atoms with Crippen molar-refractivity contribution in [2.75, 3.05) is 5.32 Å². The first-order valence-electron chi connectivity index (χ1n) is 15.7. The maximum Gasteiger partial charge on any atom is 0.252 e. The van der Waals surface area contributed by atoms with Crippen LogP contribution in [0.4, 0.5) is 15.8 Å². The lowest BCUT2D eigenvalue weighted by Gasteiger charge is -2.34. The Bertz CT molecular complexity index is 2080. The minimum absolute atomic E-state index is 0.107. The first-order chi connectivity index (χ1) is 24.1. The number of halogens is 1. The fourth-order valence-electron chi connectivity index (χ4n) is 5.98. The summed E-state index contributed by atoms with van der Waals surface area (Å²) in [5, 5.41) is 20.2. The number of nitrogens with zero attached hydrogens (tertiary/aromatic N) is 1. The van der Waals surface area contributed by atoms with E-state index in [9.17, 15) is 5.11 Å². The highest BCUT2D eigenvalue weighted by Crippen LogP contribution is 2.65. The van der Waals surface area contributed by atoms with Gasteiger partial charge in [-0.1, -0.05) is 91.0 Å². The van der Waals surface area contributed by atoms with Crippen molar-refractivity contribution in [1.29, 1.82) is 0 Å². The molecule has 0 radical (unpaired) electrons. The molecule has 238 valence electrons. The summed E-state index contributed by atoms with van der Waals surface area (Å²) in [7, 11) is -3.16. The second-order valence-corrected chi connectivity index (χ2v) is 14.6. The van der Waals surface area contributed by atoms with Crippen LogP contribution in [-0.4, -0.2) is 11.5 Å². The number of carbonyl (C=O) groups excluding carboxylic acids is 1. The van der Waals surface area contributed by atoms with Crippen molar-refractivity contribution in [3.05, 3.63) is 199 Å². The highest BCUT2D eigenvalue weighted by atomic mass is 31.2. The summed E-state index contributed by atoms with van der Waals surface area (Å²) in [6.07, 6.45) is 0. The Balaban J connectivity index is 1.47. The Morgan fingerprint density at radius 3 is 1.49 bits per heavy atom. The molecule has 0 saturated heterocycles. The largest absolute Gasteiger partial charge is 0.869 e. The predicted octanol–water partition coefficient (Wildman–Crippen LogP) is 7.99. The molecule has 0 saturated carbocycles. The second-order valence-electron chi connectivity index (χ2n) is 11.2. The van der Waals surface area contributed by atoms with E-state index in [1.54, 1.807) is 36.4 Å². The third-order valence-electron chi connectivity index (χ3n) is 8.17. The molecular weight excluding hydrogens is 630 g/mol. The van der Waals surface area contributed by atoms with Crippen molar-refractivity contribution in [2.24, 2.45) is 4.99 Å². The Morgan fingerprint density at radius 2 is 1.00 bits per heavy atom. The molecular formula is C42H30FN2O3P. The van der Waals surface area contributed by atoms with E-state index in [2.05, 4.69) is 10.3 Å². The van der Waals surface area contributed by atoms with E-state index in [-0.39, 0.29) is 11.0 Å². The molecule has 0 aromatic heterocycles. The second kappa shape index (κ2) is 13.9. The SMILES string of the molecule is O=C1C(=Nc2ccc(Oc3ccccc3)cc2)C(F)=C([O-])C(Nc2ccccc2)=C1[P+](c1ccccc1)(c1ccccc1)c1ccccc1. The van der Waals surface area contributed by atoms with Crippen LogP contribution in [0.3, 0.4) is 0 Å². The standard InChI is InChI=1S/C42H30FN2O3P/c43-37-38(44-31-26-28-33(29-27-31)48-32-18-8-2-9-19-32)41(47)42(39(40(37)46)45-30-16-6-1-7-17-30)49(34-20-10-3-11-21-34,35-22-12-4-13-23-35)36-24-14-5-15-25-36/h1-29H,(H-,44,45,46,47). The molecule has 0 unspecified atom stereocenters. The number of allylic oxidation sites excluding steroid dienone is 2. The van der Waals surface area contributed by atoms with Gasteiger partial charge in [0.2, 0.25) is 0 Å². The molecule has 6 aromatic rings. The zero-order chi connectivity index (χ0) is 33.6. The summed E-state index contributed by atoms with van der Waals surface area (Å²) in [6.45, 7) is 0. The van der Waals surface area contributed by atoms with Gasteiger partial charge in [-0.15, -0.1) is 0 Å². The number of carbonyl (C=O) groups is 1. The molecule has 0 amide bonds. The van der Waals surface area contributed by atoms with Crippen molar-refractivity contribution in [2.45, 2.75) is 0 Å². The molecule has 7 heteroatoms. The van der Waals surface area contributed by atoms with E-state index in [0.717, 1.165) is 15.9 Å². The topological polar surface area (TPSA) is 73.8 Å². The lowest BCUT2D eigenvalue weighted by atomic mass is 10.0. The molecule has 7 rings (SSSR count). The van der Waals surface area contributed by atoms with E-state index < -0.39 is 30.3 Å². The minimum Gasteiger partial charge on any atom is -0.869 e. The van der Waals surface area contributed by atoms with Crippen LogP contribution in [-0.2, 0) is 4.79 Å². The van der Waals surface area contributed by atoms with Crippen LogP contribution in [0.25, 0.3) is 0 Å². The van der Waals surface area contributed by atoms with E-state index >= 15 is 9.18 Å². The molecule has 0 bridgehead atoms. The van der Waals surface area contributed by atoms with Crippen LogP contribution in [0, 0.1) is 0 Å². The summed E-state index contributed by atoms with van der Waals surface area (Å²) >= 11 is 0. The van der Waals surface area contributed by atoms with E-state index in [1.165, 1.54) is 0 Å². The van der Waals surface area contributed by atoms with Gasteiger partial charge in [-0.2, -0.15) is 0 Å². The van der Waals surface area contributed by atoms with Gasteiger partial charge >= 0.3 is 0 Å². The molecule has 0 atom stereocenters. The number of Topliss-reactive ketones (excluding diaryl/α,β-unsaturated/α-hetero) is 1. The van der Waals surface area contributed by atoms with Gasteiger partial charge < -0.3 is 15.2 Å². The zero-order valence-electron chi connectivity index (χ0n) is 26.2. The molecule has 0 aliphatic heterocycles. The normalized spacial score (nSPS) is 14.2. The quantitative estimate of drug-likeness (QED) is 0.126. The van der Waals surface area contributed by atoms with Crippen molar-refractivity contribution in [1.82, 2.24) is 0 Å². The van der Waals surface area contributed by atoms with Crippen molar-refractivity contribution in [3.63, 3.8) is 0 Å². The number of para-hydroxylation sites is 2. The molecule has 0 fully saturated rings. The van der Waals surface area contributed by atoms with Crippen LogP contribution in [0.2, 0.25) is 0 Å². The molecule has 0 heterocycles. The summed E-state index contributed by atoms with van der Waals surface area (Å²) in [4.78, 5) is 19.6. The summed E-state index contributed by atoms with van der Waals surface area (Å²) in [6, 6.07) is 54.0. The molecule has 1 aliphatic rings. The highest BCUT2D eigenvalue weighted by Gasteiger charge is 2.56. The predicted molar refractivity (Wildman–Crippen MR) is 195 cm³/mol. The highest BCUT2D eigenvalue weighted by molar-refractivity contribution is 8.00. The number of nitrogens with one attached hydrogen (secondary N) is 1. The number of aliphatic imine (C=N–C) groups is 1. The number of hydrogen-bond donors (Lipinski definition) is 1. The summed E-state index contributed by atoms with van der Waals surface area (Å²) in [5.41, 5.74) is 0.200. The summed E-state index contributed by atoms with van der Waals surface area (Å²) < 4.78 is 22.3. The first-order valence-corrected chi connectivity index (χ1v) is 17.5. The van der Waals surface area contributed by atoms with E-state index in [1.807, 2.05) is 140 Å². The van der Waals surface area contributed by atoms with Crippen molar-refractivity contribution in [3.8, 4) is 11.5 Å². The van der Waals surface area contributed by atoms with Gasteiger partial charge in [-0.25, -0.2) is 9.38 Å². The van der Waals surface area contributed by atoms with Crippen LogP contribution >= 0.6 is 7.26 Å². The average Bonchev–Trinajstić information content (AvgIpc) is 3.16. The Hall–Kier alpha value is -6.10. The third kappa shape index (κ3) is 6.18. The Kier molecular flexibility index (Phi) is 8.96. The van der Waals surface area contributed by atoms with Crippen molar-refractivity contribution >= 4 is 46.0 Å². The molecule has 1 N–H and O–H groups in total. The smallest absolute Gasteiger partial charge is 0.252 e. The maximum atomic E-state index is 16.4. The average molecular weight is 661 g/mol. The Labute approximate surface area is 284 Å². The maximum absolute atomic E-state index is 16.4. The number of ketones is 1. The number of rotatable bonds is 9. The van der Waals surface area contributed by atoms with Gasteiger partial charge in [0.05, 0.1) is 11.4 Å². The van der Waals surface area contributed by atoms with Crippen LogP contribution in [0.15, 0.2) is 204 Å².